The smallest absolute Gasteiger partial charge is 0.256 e. The fraction of sp³-hybridized carbons (Fsp3) is 0.417. The van der Waals surface area contributed by atoms with Crippen LogP contribution < -0.4 is 0 Å². The number of halogens is 1. The molecule has 1 N–H and O–H groups in total. The molecule has 0 fully saturated rings. The normalized spacial score (nSPS) is 19.4. The number of fused-ring (bicyclic) bond motifs is 1. The molecule has 2 rings (SSSR count). The molecule has 0 spiro atoms. The highest BCUT2D eigenvalue weighted by Gasteiger charge is 2.35. The molecule has 1 aromatic rings. The number of rotatable bonds is 2. The summed E-state index contributed by atoms with van der Waals surface area (Å²) in [5.74, 6) is 0.258. The molecule has 1 aromatic carbocycles. The number of carbonyl (C=O) groups is 1. The van der Waals surface area contributed by atoms with Gasteiger partial charge in [0.1, 0.15) is 0 Å². The Kier molecular flexibility index (Phi) is 3.04. The number of hydrogen-bond acceptors (Lipinski definition) is 2. The summed E-state index contributed by atoms with van der Waals surface area (Å²) in [4.78, 5) is 13.6. The molecule has 86 valence electrons. The molecule has 0 aliphatic carbocycles. The second-order valence-electron chi connectivity index (χ2n) is 4.46. The molecule has 1 aliphatic heterocycles. The minimum absolute atomic E-state index is 0.0856. The zero-order valence-electron chi connectivity index (χ0n) is 9.27. The maximum atomic E-state index is 12.0. The molecule has 0 radical (unpaired) electrons. The van der Waals surface area contributed by atoms with Crippen molar-refractivity contribution < 1.29 is 9.90 Å². The molecule has 1 heterocycles. The second-order valence-corrected chi connectivity index (χ2v) is 5.37. The summed E-state index contributed by atoms with van der Waals surface area (Å²) in [6.45, 7) is 4.63. The zero-order valence-corrected chi connectivity index (χ0v) is 10.9. The van der Waals surface area contributed by atoms with Crippen LogP contribution in [0.25, 0.3) is 0 Å². The van der Waals surface area contributed by atoms with Crippen LogP contribution >= 0.6 is 15.9 Å². The Morgan fingerprint density at radius 1 is 1.50 bits per heavy atom. The van der Waals surface area contributed by atoms with E-state index in [1.807, 2.05) is 19.9 Å². The van der Waals surface area contributed by atoms with E-state index in [0.29, 0.717) is 23.6 Å². The Bertz CT molecular complexity index is 431. The minimum Gasteiger partial charge on any atom is -0.369 e. The number of aliphatic hydroxyl groups excluding tert-OH is 1. The topological polar surface area (TPSA) is 40.5 Å². The van der Waals surface area contributed by atoms with Gasteiger partial charge in [0.2, 0.25) is 0 Å². The van der Waals surface area contributed by atoms with Crippen molar-refractivity contribution >= 4 is 21.8 Å². The van der Waals surface area contributed by atoms with Gasteiger partial charge in [0.05, 0.1) is 0 Å². The van der Waals surface area contributed by atoms with E-state index in [1.54, 1.807) is 12.1 Å². The lowest BCUT2D eigenvalue weighted by atomic mass is 10.1. The van der Waals surface area contributed by atoms with Crippen LogP contribution in [0, 0.1) is 5.92 Å². The van der Waals surface area contributed by atoms with Crippen molar-refractivity contribution in [1.82, 2.24) is 4.90 Å². The van der Waals surface area contributed by atoms with Gasteiger partial charge in [-0.2, -0.15) is 0 Å². The first-order valence-corrected chi connectivity index (χ1v) is 6.08. The molecule has 3 nitrogen and oxygen atoms in total. The van der Waals surface area contributed by atoms with Crippen LogP contribution in [0.2, 0.25) is 0 Å². The van der Waals surface area contributed by atoms with E-state index in [2.05, 4.69) is 15.9 Å². The number of carbonyl (C=O) groups excluding carboxylic acids is 1. The highest BCUT2D eigenvalue weighted by Crippen LogP contribution is 2.33. The van der Waals surface area contributed by atoms with Gasteiger partial charge in [-0.05, 0) is 18.1 Å². The Hall–Kier alpha value is -0.870. The third kappa shape index (κ3) is 1.87. The van der Waals surface area contributed by atoms with Crippen molar-refractivity contribution in [2.75, 3.05) is 6.54 Å². The number of nitrogens with zero attached hydrogens (tertiary/aromatic N) is 1. The first kappa shape index (κ1) is 11.6. The molecular formula is C12H14BrNO2. The number of amides is 1. The Morgan fingerprint density at radius 2 is 2.19 bits per heavy atom. The van der Waals surface area contributed by atoms with Gasteiger partial charge in [-0.15, -0.1) is 0 Å². The molecule has 4 heteroatoms. The lowest BCUT2D eigenvalue weighted by molar-refractivity contribution is 0.0127. The van der Waals surface area contributed by atoms with E-state index in [1.165, 1.54) is 4.90 Å². The standard InChI is InChI=1S/C12H14BrNO2/c1-7(2)6-14-11(15)9-4-3-8(13)5-10(9)12(14)16/h3-5,7,11,15H,6H2,1-2H3. The van der Waals surface area contributed by atoms with E-state index >= 15 is 0 Å². The van der Waals surface area contributed by atoms with Gasteiger partial charge in [0.25, 0.3) is 5.91 Å². The lowest BCUT2D eigenvalue weighted by Gasteiger charge is -2.22. The SMILES string of the molecule is CC(C)CN1C(=O)c2cc(Br)ccc2C1O. The third-order valence-electron chi connectivity index (χ3n) is 2.64. The average molecular weight is 284 g/mol. The number of benzene rings is 1. The van der Waals surface area contributed by atoms with E-state index in [-0.39, 0.29) is 5.91 Å². The Labute approximate surface area is 103 Å². The van der Waals surface area contributed by atoms with Gasteiger partial charge in [-0.3, -0.25) is 4.79 Å². The quantitative estimate of drug-likeness (QED) is 0.906. The van der Waals surface area contributed by atoms with E-state index < -0.39 is 6.23 Å². The predicted octanol–water partition coefficient (Wildman–Crippen LogP) is 2.55. The van der Waals surface area contributed by atoms with Crippen molar-refractivity contribution in [3.8, 4) is 0 Å². The van der Waals surface area contributed by atoms with Gasteiger partial charge >= 0.3 is 0 Å². The van der Waals surface area contributed by atoms with E-state index in [9.17, 15) is 9.90 Å². The van der Waals surface area contributed by atoms with Crippen LogP contribution in [-0.4, -0.2) is 22.5 Å². The zero-order chi connectivity index (χ0) is 11.9. The Balaban J connectivity index is 2.36. The summed E-state index contributed by atoms with van der Waals surface area (Å²) in [6.07, 6.45) is -0.794. The highest BCUT2D eigenvalue weighted by atomic mass is 79.9. The van der Waals surface area contributed by atoms with Crippen molar-refractivity contribution in [1.29, 1.82) is 0 Å². The van der Waals surface area contributed by atoms with Crippen LogP contribution in [0.5, 0.6) is 0 Å². The van der Waals surface area contributed by atoms with Crippen molar-refractivity contribution in [2.24, 2.45) is 5.92 Å². The highest BCUT2D eigenvalue weighted by molar-refractivity contribution is 9.10. The van der Waals surface area contributed by atoms with Gasteiger partial charge < -0.3 is 10.0 Å². The lowest BCUT2D eigenvalue weighted by Crippen LogP contribution is -2.31. The van der Waals surface area contributed by atoms with Gasteiger partial charge in [0.15, 0.2) is 6.23 Å². The molecule has 1 aliphatic rings. The Morgan fingerprint density at radius 3 is 2.81 bits per heavy atom. The summed E-state index contributed by atoms with van der Waals surface area (Å²) < 4.78 is 0.859. The summed E-state index contributed by atoms with van der Waals surface area (Å²) in [5.41, 5.74) is 1.30. The first-order valence-electron chi connectivity index (χ1n) is 5.29. The number of aliphatic hydroxyl groups is 1. The van der Waals surface area contributed by atoms with Crippen molar-refractivity contribution in [2.45, 2.75) is 20.1 Å². The monoisotopic (exact) mass is 283 g/mol. The van der Waals surface area contributed by atoms with Crippen LogP contribution in [0.4, 0.5) is 0 Å². The minimum atomic E-state index is -0.794. The van der Waals surface area contributed by atoms with Crippen LogP contribution in [0.1, 0.15) is 36.0 Å². The molecule has 0 aromatic heterocycles. The predicted molar refractivity (Wildman–Crippen MR) is 65.0 cm³/mol. The summed E-state index contributed by atoms with van der Waals surface area (Å²) >= 11 is 3.33. The van der Waals surface area contributed by atoms with E-state index in [0.717, 1.165) is 4.47 Å². The molecule has 16 heavy (non-hydrogen) atoms. The summed E-state index contributed by atoms with van der Waals surface area (Å²) in [7, 11) is 0. The van der Waals surface area contributed by atoms with Gasteiger partial charge in [-0.25, -0.2) is 0 Å². The fourth-order valence-corrected chi connectivity index (χ4v) is 2.31. The maximum Gasteiger partial charge on any atom is 0.256 e. The van der Waals surface area contributed by atoms with Crippen LogP contribution in [-0.2, 0) is 0 Å². The van der Waals surface area contributed by atoms with E-state index in [4.69, 9.17) is 0 Å². The average Bonchev–Trinajstić information content (AvgIpc) is 2.43. The molecular weight excluding hydrogens is 270 g/mol. The largest absolute Gasteiger partial charge is 0.369 e. The summed E-state index contributed by atoms with van der Waals surface area (Å²) in [5, 5.41) is 10.0. The number of hydrogen-bond donors (Lipinski definition) is 1. The van der Waals surface area contributed by atoms with Crippen molar-refractivity contribution in [3.63, 3.8) is 0 Å². The third-order valence-corrected chi connectivity index (χ3v) is 3.14. The molecule has 1 atom stereocenters. The second kappa shape index (κ2) is 4.18. The van der Waals surface area contributed by atoms with Crippen LogP contribution in [0.3, 0.4) is 0 Å². The molecule has 1 amide bonds. The molecule has 0 saturated carbocycles. The maximum absolute atomic E-state index is 12.0. The van der Waals surface area contributed by atoms with Gasteiger partial charge in [-0.1, -0.05) is 35.8 Å². The van der Waals surface area contributed by atoms with Gasteiger partial charge in [0, 0.05) is 22.1 Å². The molecule has 1 unspecified atom stereocenters. The first-order chi connectivity index (χ1) is 7.50. The van der Waals surface area contributed by atoms with Crippen LogP contribution in [0.15, 0.2) is 22.7 Å². The fourth-order valence-electron chi connectivity index (χ4n) is 1.95. The van der Waals surface area contributed by atoms with Crippen molar-refractivity contribution in [3.05, 3.63) is 33.8 Å². The molecule has 0 bridgehead atoms. The summed E-state index contributed by atoms with van der Waals surface area (Å²) in [6, 6.07) is 5.40. The molecule has 0 saturated heterocycles.